The summed E-state index contributed by atoms with van der Waals surface area (Å²) in [5.41, 5.74) is 0. The van der Waals surface area contributed by atoms with Crippen molar-refractivity contribution in [3.63, 3.8) is 0 Å². The molecular formula is C6H14O2. The molecule has 0 amide bonds. The van der Waals surface area contributed by atoms with E-state index in [0.29, 0.717) is 0 Å². The zero-order valence-corrected chi connectivity index (χ0v) is 5.26. The van der Waals surface area contributed by atoms with Crippen LogP contribution in [0.2, 0.25) is 0 Å². The highest BCUT2D eigenvalue weighted by Gasteiger charge is 1.97. The number of aliphatic hydroxyl groups is 2. The molecule has 1 unspecified atom stereocenters. The molecule has 0 rings (SSSR count). The van der Waals surface area contributed by atoms with Gasteiger partial charge >= 0.3 is 0 Å². The van der Waals surface area contributed by atoms with Gasteiger partial charge < -0.3 is 10.2 Å². The van der Waals surface area contributed by atoms with Crippen LogP contribution < -0.4 is 0 Å². The van der Waals surface area contributed by atoms with Gasteiger partial charge in [-0.2, -0.15) is 0 Å². The lowest BCUT2D eigenvalue weighted by atomic mass is 10.2. The van der Waals surface area contributed by atoms with Gasteiger partial charge in [-0.3, -0.25) is 0 Å². The lowest BCUT2D eigenvalue weighted by molar-refractivity contribution is 0.0865. The number of hydrogen-bond acceptors (Lipinski definition) is 2. The Kier molecular flexibility index (Phi) is 3.83. The standard InChI is InChI=1S/C6H14O2/c1-2-3-4-6(8)5-7/h6-8H,2-5H2,1H3/i8D. The first-order valence-corrected chi connectivity index (χ1v) is 3.08. The van der Waals surface area contributed by atoms with Gasteiger partial charge in [0.2, 0.25) is 1.43 Å². The minimum atomic E-state index is -0.273. The zero-order valence-electron chi connectivity index (χ0n) is 6.26. The summed E-state index contributed by atoms with van der Waals surface area (Å²) in [6.07, 6.45) is 2.62. The molecule has 2 nitrogen and oxygen atoms in total. The van der Waals surface area contributed by atoms with E-state index in [1.165, 1.54) is 0 Å². The predicted molar refractivity (Wildman–Crippen MR) is 32.6 cm³/mol. The van der Waals surface area contributed by atoms with Gasteiger partial charge in [0.05, 0.1) is 12.7 Å². The van der Waals surface area contributed by atoms with Crippen LogP contribution in [-0.4, -0.2) is 24.4 Å². The lowest BCUT2D eigenvalue weighted by Gasteiger charge is -2.02. The van der Waals surface area contributed by atoms with Gasteiger partial charge in [-0.1, -0.05) is 19.8 Å². The Morgan fingerprint density at radius 3 is 2.88 bits per heavy atom. The molecule has 0 fully saturated rings. The maximum atomic E-state index is 8.51. The molecule has 0 saturated heterocycles. The molecule has 0 aromatic rings. The molecule has 0 aliphatic rings. The van der Waals surface area contributed by atoms with Crippen LogP contribution in [0.3, 0.4) is 0 Å². The highest BCUT2D eigenvalue weighted by atomic mass is 16.3. The van der Waals surface area contributed by atoms with E-state index in [4.69, 9.17) is 6.54 Å². The van der Waals surface area contributed by atoms with E-state index < -0.39 is 0 Å². The molecule has 2 heteroatoms. The quantitative estimate of drug-likeness (QED) is 0.554. The average molecular weight is 119 g/mol. The van der Waals surface area contributed by atoms with Crippen LogP contribution in [0.4, 0.5) is 0 Å². The van der Waals surface area contributed by atoms with Gasteiger partial charge in [0.25, 0.3) is 0 Å². The Balaban J connectivity index is 3.09. The molecule has 0 saturated carbocycles. The maximum Gasteiger partial charge on any atom is 0.211 e. The lowest BCUT2D eigenvalue weighted by Crippen LogP contribution is -2.10. The fourth-order valence-electron chi connectivity index (χ4n) is 0.523. The third-order valence-electron chi connectivity index (χ3n) is 1.08. The second kappa shape index (κ2) is 5.06. The second-order valence-corrected chi connectivity index (χ2v) is 1.95. The Bertz CT molecular complexity index is 55.0. The van der Waals surface area contributed by atoms with Crippen molar-refractivity contribution in [3.8, 4) is 0 Å². The van der Waals surface area contributed by atoms with E-state index in [1.54, 1.807) is 0 Å². The zero-order chi connectivity index (χ0) is 7.11. The summed E-state index contributed by atoms with van der Waals surface area (Å²) in [5, 5.41) is 12.7. The number of hydrogen-bond donors (Lipinski definition) is 2. The first kappa shape index (κ1) is 6.05. The second-order valence-electron chi connectivity index (χ2n) is 1.95. The van der Waals surface area contributed by atoms with Gasteiger partial charge in [0.1, 0.15) is 0 Å². The van der Waals surface area contributed by atoms with E-state index in [0.717, 1.165) is 19.3 Å². The van der Waals surface area contributed by atoms with E-state index >= 15 is 0 Å². The molecular weight excluding hydrogens is 104 g/mol. The number of aliphatic hydroxyl groups excluding tert-OH is 2. The normalized spacial score (nSPS) is 15.5. The predicted octanol–water partition coefficient (Wildman–Crippen LogP) is 0.530. The van der Waals surface area contributed by atoms with Crippen molar-refractivity contribution in [2.45, 2.75) is 32.3 Å². The van der Waals surface area contributed by atoms with Crippen LogP contribution in [0.25, 0.3) is 0 Å². The van der Waals surface area contributed by atoms with Gasteiger partial charge in [0, 0.05) is 0 Å². The minimum absolute atomic E-state index is 0.0382. The summed E-state index contributed by atoms with van der Waals surface area (Å²) in [5.74, 6) is 0. The molecule has 0 bridgehead atoms. The first-order chi connectivity index (χ1) is 4.35. The highest BCUT2D eigenvalue weighted by molar-refractivity contribution is 4.50. The molecule has 2 N–H and O–H groups in total. The maximum absolute atomic E-state index is 8.51. The van der Waals surface area contributed by atoms with Gasteiger partial charge in [-0.15, -0.1) is 0 Å². The topological polar surface area (TPSA) is 40.5 Å². The molecule has 0 aliphatic heterocycles. The Hall–Kier alpha value is -0.0800. The summed E-state index contributed by atoms with van der Waals surface area (Å²) in [6, 6.07) is 0. The van der Waals surface area contributed by atoms with Crippen molar-refractivity contribution in [2.24, 2.45) is 0 Å². The average Bonchev–Trinajstić information content (AvgIpc) is 1.91. The van der Waals surface area contributed by atoms with Crippen LogP contribution in [0.1, 0.15) is 26.2 Å². The molecule has 0 heterocycles. The molecule has 0 aliphatic carbocycles. The fourth-order valence-corrected chi connectivity index (χ4v) is 0.523. The van der Waals surface area contributed by atoms with Crippen LogP contribution in [0, 0.1) is 0 Å². The van der Waals surface area contributed by atoms with Crippen molar-refractivity contribution in [3.05, 3.63) is 0 Å². The Morgan fingerprint density at radius 2 is 2.50 bits per heavy atom. The third kappa shape index (κ3) is 4.09. The third-order valence-corrected chi connectivity index (χ3v) is 1.08. The Morgan fingerprint density at radius 1 is 1.75 bits per heavy atom. The molecule has 0 aromatic heterocycles. The largest absolute Gasteiger partial charge is 0.394 e. The first-order valence-electron chi connectivity index (χ1n) is 3.48. The highest BCUT2D eigenvalue weighted by Crippen LogP contribution is 1.97. The number of unbranched alkanes of at least 4 members (excludes halogenated alkanes) is 1. The van der Waals surface area contributed by atoms with Crippen molar-refractivity contribution in [1.82, 2.24) is 0 Å². The van der Waals surface area contributed by atoms with Crippen LogP contribution in [-0.2, 0) is 0 Å². The fraction of sp³-hybridized carbons (Fsp3) is 1.00. The monoisotopic (exact) mass is 119 g/mol. The number of rotatable bonds is 5. The minimum Gasteiger partial charge on any atom is -0.394 e. The molecule has 0 aromatic carbocycles. The van der Waals surface area contributed by atoms with Gasteiger partial charge in [-0.05, 0) is 6.42 Å². The Labute approximate surface area is 51.6 Å². The summed E-state index contributed by atoms with van der Waals surface area (Å²) in [7, 11) is 0. The molecule has 50 valence electrons. The molecule has 0 spiro atoms. The molecule has 0 radical (unpaired) electrons. The summed E-state index contributed by atoms with van der Waals surface area (Å²) < 4.78 is 6.48. The van der Waals surface area contributed by atoms with Gasteiger partial charge in [0.15, 0.2) is 0 Å². The summed E-state index contributed by atoms with van der Waals surface area (Å²) in [4.78, 5) is 0. The SMILES string of the molecule is [2H]OC(CO)CCCC. The van der Waals surface area contributed by atoms with Crippen LogP contribution in [0.5, 0.6) is 0 Å². The molecule has 1 atom stereocenters. The van der Waals surface area contributed by atoms with Gasteiger partial charge in [-0.25, -0.2) is 0 Å². The van der Waals surface area contributed by atoms with Crippen molar-refractivity contribution in [2.75, 3.05) is 6.61 Å². The van der Waals surface area contributed by atoms with E-state index in [-0.39, 0.29) is 12.7 Å². The van der Waals surface area contributed by atoms with Crippen molar-refractivity contribution >= 4 is 0 Å². The van der Waals surface area contributed by atoms with E-state index in [1.807, 2.05) is 0 Å². The smallest absolute Gasteiger partial charge is 0.211 e. The van der Waals surface area contributed by atoms with Crippen molar-refractivity contribution < 1.29 is 10.2 Å². The summed E-state index contributed by atoms with van der Waals surface area (Å²) in [6.45, 7) is 2.03. The van der Waals surface area contributed by atoms with Crippen LogP contribution in [0.15, 0.2) is 0 Å². The summed E-state index contributed by atoms with van der Waals surface area (Å²) >= 11 is 0. The molecule has 8 heavy (non-hydrogen) atoms. The van der Waals surface area contributed by atoms with E-state index in [9.17, 15) is 0 Å². The van der Waals surface area contributed by atoms with E-state index in [2.05, 4.69) is 12.0 Å². The van der Waals surface area contributed by atoms with Crippen molar-refractivity contribution in [1.29, 1.82) is 1.43 Å². The van der Waals surface area contributed by atoms with Crippen LogP contribution >= 0.6 is 0 Å².